The van der Waals surface area contributed by atoms with Gasteiger partial charge in [0.05, 0.1) is 6.10 Å². The molecular formula is C21H28FNO2. The van der Waals surface area contributed by atoms with Crippen LogP contribution in [0.2, 0.25) is 0 Å². The normalized spacial score (nSPS) is 19.9. The standard InChI is InChI=1S/C21H28FNO2/c1-20(2)19(21(20,3)4)18(25)16-13-23(11-7-8-14(24)12-22)17-10-6-5-9-15(16)17/h5-6,9-10,13-14,19,24H,7-8,11-12H2,1-4H3/t14-/m1/s1. The monoisotopic (exact) mass is 345 g/mol. The molecule has 0 saturated heterocycles. The molecule has 1 aromatic carbocycles. The van der Waals surface area contributed by atoms with E-state index < -0.39 is 12.8 Å². The molecule has 0 amide bonds. The Bertz CT molecular complexity index is 776. The highest BCUT2D eigenvalue weighted by atomic mass is 19.1. The molecule has 1 heterocycles. The molecule has 1 aliphatic rings. The maximum atomic E-state index is 13.2. The van der Waals surface area contributed by atoms with E-state index in [9.17, 15) is 14.3 Å². The average molecular weight is 345 g/mol. The summed E-state index contributed by atoms with van der Waals surface area (Å²) >= 11 is 0. The molecular weight excluding hydrogens is 317 g/mol. The van der Waals surface area contributed by atoms with Crippen molar-refractivity contribution < 1.29 is 14.3 Å². The van der Waals surface area contributed by atoms with Crippen molar-refractivity contribution in [3.63, 3.8) is 0 Å². The largest absolute Gasteiger partial charge is 0.390 e. The van der Waals surface area contributed by atoms with Gasteiger partial charge in [-0.25, -0.2) is 4.39 Å². The van der Waals surface area contributed by atoms with Crippen LogP contribution in [0.1, 0.15) is 50.9 Å². The smallest absolute Gasteiger partial charge is 0.169 e. The number of carbonyl (C=O) groups is 1. The van der Waals surface area contributed by atoms with Gasteiger partial charge < -0.3 is 9.67 Å². The molecule has 0 radical (unpaired) electrons. The molecule has 25 heavy (non-hydrogen) atoms. The lowest BCUT2D eigenvalue weighted by atomic mass is 10.0. The molecule has 136 valence electrons. The Hall–Kier alpha value is -1.68. The van der Waals surface area contributed by atoms with Crippen LogP contribution in [0.4, 0.5) is 4.39 Å². The Balaban J connectivity index is 1.88. The van der Waals surface area contributed by atoms with E-state index in [0.29, 0.717) is 19.4 Å². The quantitative estimate of drug-likeness (QED) is 0.744. The molecule has 1 aliphatic carbocycles. The fourth-order valence-corrected chi connectivity index (χ4v) is 4.21. The van der Waals surface area contributed by atoms with E-state index in [1.165, 1.54) is 0 Å². The van der Waals surface area contributed by atoms with Gasteiger partial charge in [0.25, 0.3) is 0 Å². The van der Waals surface area contributed by atoms with E-state index in [4.69, 9.17) is 0 Å². The number of alkyl halides is 1. The third kappa shape index (κ3) is 2.91. The van der Waals surface area contributed by atoms with Gasteiger partial charge in [-0.3, -0.25) is 4.79 Å². The van der Waals surface area contributed by atoms with E-state index in [0.717, 1.165) is 16.5 Å². The summed E-state index contributed by atoms with van der Waals surface area (Å²) in [5.74, 6) is 0.251. The maximum Gasteiger partial charge on any atom is 0.169 e. The molecule has 1 N–H and O–H groups in total. The van der Waals surface area contributed by atoms with Gasteiger partial charge >= 0.3 is 0 Å². The molecule has 4 heteroatoms. The van der Waals surface area contributed by atoms with Crippen molar-refractivity contribution >= 4 is 16.7 Å². The second-order valence-electron chi connectivity index (χ2n) is 8.44. The Morgan fingerprint density at radius 1 is 1.24 bits per heavy atom. The second-order valence-corrected chi connectivity index (χ2v) is 8.44. The van der Waals surface area contributed by atoms with Crippen molar-refractivity contribution in [2.24, 2.45) is 16.7 Å². The van der Waals surface area contributed by atoms with Crippen molar-refractivity contribution in [3.05, 3.63) is 36.0 Å². The molecule has 0 spiro atoms. The lowest BCUT2D eigenvalue weighted by molar-refractivity contribution is 0.0946. The third-order valence-electron chi connectivity index (χ3n) is 6.45. The number of nitrogens with zero attached hydrogens (tertiary/aromatic N) is 1. The average Bonchev–Trinajstić information content (AvgIpc) is 2.84. The van der Waals surface area contributed by atoms with Crippen LogP contribution in [0, 0.1) is 16.7 Å². The molecule has 3 rings (SSSR count). The summed E-state index contributed by atoms with van der Waals surface area (Å²) in [6.07, 6.45) is 2.16. The zero-order chi connectivity index (χ0) is 18.4. The minimum Gasteiger partial charge on any atom is -0.390 e. The number of carbonyl (C=O) groups excluding carboxylic acids is 1. The summed E-state index contributed by atoms with van der Waals surface area (Å²) in [5, 5.41) is 10.4. The predicted octanol–water partition coefficient (Wildman–Crippen LogP) is 4.62. The first-order chi connectivity index (χ1) is 11.7. The molecule has 1 fully saturated rings. The molecule has 3 nitrogen and oxygen atoms in total. The fraction of sp³-hybridized carbons (Fsp3) is 0.571. The predicted molar refractivity (Wildman–Crippen MR) is 98.5 cm³/mol. The van der Waals surface area contributed by atoms with Crippen LogP contribution >= 0.6 is 0 Å². The van der Waals surface area contributed by atoms with Crippen LogP contribution in [0.5, 0.6) is 0 Å². The molecule has 0 bridgehead atoms. The van der Waals surface area contributed by atoms with Crippen molar-refractivity contribution in [1.29, 1.82) is 0 Å². The van der Waals surface area contributed by atoms with Crippen LogP contribution in [-0.2, 0) is 6.54 Å². The van der Waals surface area contributed by atoms with Gasteiger partial charge in [0.15, 0.2) is 5.78 Å². The maximum absolute atomic E-state index is 13.2. The second kappa shape index (κ2) is 6.24. The van der Waals surface area contributed by atoms with Gasteiger partial charge in [0.2, 0.25) is 0 Å². The van der Waals surface area contributed by atoms with Gasteiger partial charge in [0, 0.05) is 35.1 Å². The van der Waals surface area contributed by atoms with Gasteiger partial charge in [-0.2, -0.15) is 0 Å². The number of halogens is 1. The van der Waals surface area contributed by atoms with Crippen molar-refractivity contribution in [2.45, 2.75) is 53.2 Å². The third-order valence-corrected chi connectivity index (χ3v) is 6.45. The number of hydrogen-bond donors (Lipinski definition) is 1. The highest BCUT2D eigenvalue weighted by Gasteiger charge is 2.68. The number of aliphatic hydroxyl groups excluding tert-OH is 1. The number of para-hydroxylation sites is 1. The number of aromatic nitrogens is 1. The number of ketones is 1. The highest BCUT2D eigenvalue weighted by Crippen LogP contribution is 2.69. The van der Waals surface area contributed by atoms with E-state index in [2.05, 4.69) is 32.3 Å². The number of benzene rings is 1. The van der Waals surface area contributed by atoms with E-state index in [1.54, 1.807) is 0 Å². The van der Waals surface area contributed by atoms with E-state index in [1.807, 2.05) is 30.5 Å². The first-order valence-electron chi connectivity index (χ1n) is 9.08. The lowest BCUT2D eigenvalue weighted by Gasteiger charge is -2.07. The van der Waals surface area contributed by atoms with Crippen molar-refractivity contribution in [1.82, 2.24) is 4.57 Å². The lowest BCUT2D eigenvalue weighted by Crippen LogP contribution is -2.10. The van der Waals surface area contributed by atoms with Crippen LogP contribution in [-0.4, -0.2) is 28.2 Å². The number of aliphatic hydroxyl groups is 1. The molecule has 1 saturated carbocycles. The van der Waals surface area contributed by atoms with Gasteiger partial charge in [-0.1, -0.05) is 45.9 Å². The summed E-state index contributed by atoms with van der Waals surface area (Å²) in [7, 11) is 0. The van der Waals surface area contributed by atoms with Crippen molar-refractivity contribution in [2.75, 3.05) is 6.67 Å². The Labute approximate surface area is 148 Å². The molecule has 2 aromatic rings. The van der Waals surface area contributed by atoms with E-state index in [-0.39, 0.29) is 22.5 Å². The minimum atomic E-state index is -0.893. The van der Waals surface area contributed by atoms with Crippen LogP contribution in [0.15, 0.2) is 30.5 Å². The van der Waals surface area contributed by atoms with Gasteiger partial charge in [-0.05, 0) is 29.7 Å². The van der Waals surface area contributed by atoms with Crippen LogP contribution in [0.3, 0.4) is 0 Å². The molecule has 0 unspecified atom stereocenters. The zero-order valence-electron chi connectivity index (χ0n) is 15.6. The van der Waals surface area contributed by atoms with Crippen LogP contribution in [0.25, 0.3) is 10.9 Å². The van der Waals surface area contributed by atoms with Crippen molar-refractivity contribution in [3.8, 4) is 0 Å². The first-order valence-corrected chi connectivity index (χ1v) is 9.08. The zero-order valence-corrected chi connectivity index (χ0v) is 15.6. The number of rotatable bonds is 7. The van der Waals surface area contributed by atoms with E-state index >= 15 is 0 Å². The topological polar surface area (TPSA) is 42.2 Å². The molecule has 1 atom stereocenters. The summed E-state index contributed by atoms with van der Waals surface area (Å²) in [6.45, 7) is 8.60. The number of hydrogen-bond acceptors (Lipinski definition) is 2. The minimum absolute atomic E-state index is 0.0124. The number of Topliss-reactive ketones (excluding diaryl/α,β-unsaturated/α-hetero) is 1. The van der Waals surface area contributed by atoms with Gasteiger partial charge in [0.1, 0.15) is 6.67 Å². The van der Waals surface area contributed by atoms with Crippen LogP contribution < -0.4 is 0 Å². The highest BCUT2D eigenvalue weighted by molar-refractivity contribution is 6.11. The van der Waals surface area contributed by atoms with Gasteiger partial charge in [-0.15, -0.1) is 0 Å². The SMILES string of the molecule is CC1(C)C(C(=O)c2cn(CCC[C@@H](O)CF)c3ccccc23)C1(C)C. The number of fused-ring (bicyclic) bond motifs is 1. The summed E-state index contributed by atoms with van der Waals surface area (Å²) in [5.41, 5.74) is 1.83. The molecule has 0 aliphatic heterocycles. The Morgan fingerprint density at radius 3 is 2.48 bits per heavy atom. The first kappa shape index (κ1) is 18.1. The summed E-state index contributed by atoms with van der Waals surface area (Å²) < 4.78 is 14.5. The Kier molecular flexibility index (Phi) is 4.52. The molecule has 1 aromatic heterocycles. The Morgan fingerprint density at radius 2 is 1.88 bits per heavy atom. The summed E-state index contributed by atoms with van der Waals surface area (Å²) in [4.78, 5) is 13.2. The summed E-state index contributed by atoms with van der Waals surface area (Å²) in [6, 6.07) is 7.94. The fourth-order valence-electron chi connectivity index (χ4n) is 4.21. The number of aryl methyl sites for hydroxylation is 1.